The Hall–Kier alpha value is -1.94. The van der Waals surface area contributed by atoms with Crippen molar-refractivity contribution in [2.75, 3.05) is 39.6 Å². The van der Waals surface area contributed by atoms with Crippen molar-refractivity contribution in [2.45, 2.75) is 420 Å². The van der Waals surface area contributed by atoms with Crippen LogP contribution in [-0.4, -0.2) is 96.7 Å². The molecular formula is C79H154O17P2. The van der Waals surface area contributed by atoms with Gasteiger partial charge in [-0.3, -0.25) is 37.3 Å². The van der Waals surface area contributed by atoms with Crippen LogP contribution >= 0.6 is 15.6 Å². The van der Waals surface area contributed by atoms with Crippen LogP contribution in [0, 0.1) is 23.7 Å². The predicted octanol–water partition coefficient (Wildman–Crippen LogP) is 23.2. The topological polar surface area (TPSA) is 237 Å². The highest BCUT2D eigenvalue weighted by atomic mass is 31.2. The third-order valence-corrected chi connectivity index (χ3v) is 20.9. The van der Waals surface area contributed by atoms with Crippen LogP contribution in [0.4, 0.5) is 0 Å². The van der Waals surface area contributed by atoms with E-state index in [2.05, 4.69) is 55.4 Å². The molecule has 0 saturated heterocycles. The lowest BCUT2D eigenvalue weighted by Gasteiger charge is -2.21. The van der Waals surface area contributed by atoms with E-state index in [9.17, 15) is 43.2 Å². The molecule has 98 heavy (non-hydrogen) atoms. The zero-order valence-electron chi connectivity index (χ0n) is 64.4. The lowest BCUT2D eigenvalue weighted by molar-refractivity contribution is -0.161. The van der Waals surface area contributed by atoms with Crippen LogP contribution in [0.1, 0.15) is 402 Å². The Kier molecular flexibility index (Phi) is 66.8. The number of ether oxygens (including phenoxy) is 4. The molecule has 0 heterocycles. The van der Waals surface area contributed by atoms with Crippen molar-refractivity contribution >= 4 is 39.5 Å². The number of rotatable bonds is 76. The molecule has 0 aromatic heterocycles. The van der Waals surface area contributed by atoms with Gasteiger partial charge in [-0.25, -0.2) is 9.13 Å². The van der Waals surface area contributed by atoms with Crippen LogP contribution in [-0.2, 0) is 65.4 Å². The summed E-state index contributed by atoms with van der Waals surface area (Å²) in [7, 11) is -9.92. The number of unbranched alkanes of at least 4 members (excludes halogenated alkanes) is 40. The van der Waals surface area contributed by atoms with E-state index in [1.165, 1.54) is 193 Å². The number of aliphatic hydroxyl groups excluding tert-OH is 1. The Morgan fingerprint density at radius 3 is 0.724 bits per heavy atom. The smallest absolute Gasteiger partial charge is 0.462 e. The Morgan fingerprint density at radius 2 is 0.490 bits per heavy atom. The average molecular weight is 1440 g/mol. The molecule has 0 aliphatic rings. The molecule has 5 unspecified atom stereocenters. The van der Waals surface area contributed by atoms with Crippen molar-refractivity contribution in [2.24, 2.45) is 23.7 Å². The number of hydrogen-bond donors (Lipinski definition) is 3. The van der Waals surface area contributed by atoms with Gasteiger partial charge in [0.2, 0.25) is 0 Å². The van der Waals surface area contributed by atoms with E-state index < -0.39 is 97.5 Å². The first kappa shape index (κ1) is 96.1. The molecule has 0 fully saturated rings. The van der Waals surface area contributed by atoms with E-state index in [-0.39, 0.29) is 25.7 Å². The number of hydrogen-bond acceptors (Lipinski definition) is 15. The summed E-state index contributed by atoms with van der Waals surface area (Å²) in [4.78, 5) is 72.9. The summed E-state index contributed by atoms with van der Waals surface area (Å²) in [5.41, 5.74) is 0. The zero-order valence-corrected chi connectivity index (χ0v) is 66.2. The molecule has 0 aliphatic heterocycles. The Bertz CT molecular complexity index is 1920. The molecule has 582 valence electrons. The van der Waals surface area contributed by atoms with Crippen LogP contribution in [0.3, 0.4) is 0 Å². The van der Waals surface area contributed by atoms with Crippen molar-refractivity contribution in [3.8, 4) is 0 Å². The fraction of sp³-hybridized carbons (Fsp3) is 0.949. The number of esters is 4. The highest BCUT2D eigenvalue weighted by Crippen LogP contribution is 2.45. The van der Waals surface area contributed by atoms with Gasteiger partial charge in [0, 0.05) is 25.7 Å². The van der Waals surface area contributed by atoms with Gasteiger partial charge in [-0.05, 0) is 49.4 Å². The largest absolute Gasteiger partial charge is 0.472 e. The first-order chi connectivity index (χ1) is 47.2. The maximum absolute atomic E-state index is 13.1. The second-order valence-electron chi connectivity index (χ2n) is 29.9. The van der Waals surface area contributed by atoms with Crippen molar-refractivity contribution in [1.82, 2.24) is 0 Å². The van der Waals surface area contributed by atoms with Gasteiger partial charge < -0.3 is 33.8 Å². The van der Waals surface area contributed by atoms with E-state index in [0.717, 1.165) is 120 Å². The molecule has 0 aliphatic carbocycles. The molecule has 0 spiro atoms. The summed E-state index contributed by atoms with van der Waals surface area (Å²) in [6, 6.07) is 0. The van der Waals surface area contributed by atoms with Crippen LogP contribution in [0.25, 0.3) is 0 Å². The molecule has 0 bridgehead atoms. The summed E-state index contributed by atoms with van der Waals surface area (Å²) < 4.78 is 68.6. The highest BCUT2D eigenvalue weighted by molar-refractivity contribution is 7.47. The fourth-order valence-corrected chi connectivity index (χ4v) is 13.6. The standard InChI is InChI=1S/C79H154O17P2/c1-9-71(7)57-49-41-33-27-23-19-15-13-11-12-14-16-20-24-28-34-45-53-61-79(84)96-75(66-90-77(82)60-52-44-38-37-42-50-58-72(8)10-2)68-94-98(87,88)92-64-73(80)63-91-97(85,86)93-67-74(65-89-76(81)59-51-43-36-30-32-40-48-56-70(5)6)95-78(83)62-54-46-35-29-25-21-17-18-22-26-31-39-47-55-69(3)4/h69-75,80H,9-68H2,1-8H3,(H,85,86)(H,87,88)/t71?,72?,73?,74-,75-/m1/s1. The lowest BCUT2D eigenvalue weighted by Crippen LogP contribution is -2.30. The Labute approximate surface area is 600 Å². The van der Waals surface area contributed by atoms with Gasteiger partial charge in [-0.15, -0.1) is 0 Å². The third kappa shape index (κ3) is 69.8. The minimum atomic E-state index is -4.96. The molecule has 19 heteroatoms. The number of carbonyl (C=O) groups is 4. The molecule has 0 saturated carbocycles. The van der Waals surface area contributed by atoms with E-state index >= 15 is 0 Å². The van der Waals surface area contributed by atoms with Gasteiger partial charge in [-0.2, -0.15) is 0 Å². The van der Waals surface area contributed by atoms with E-state index in [4.69, 9.17) is 37.0 Å². The third-order valence-electron chi connectivity index (χ3n) is 19.0. The van der Waals surface area contributed by atoms with Crippen LogP contribution in [0.2, 0.25) is 0 Å². The van der Waals surface area contributed by atoms with Gasteiger partial charge in [-0.1, -0.05) is 351 Å². The predicted molar refractivity (Wildman–Crippen MR) is 400 cm³/mol. The van der Waals surface area contributed by atoms with Crippen molar-refractivity contribution < 1.29 is 80.2 Å². The van der Waals surface area contributed by atoms with E-state index in [0.29, 0.717) is 31.6 Å². The van der Waals surface area contributed by atoms with E-state index in [1.807, 2.05) is 0 Å². The molecule has 0 rings (SSSR count). The number of aliphatic hydroxyl groups is 1. The molecule has 0 aromatic carbocycles. The van der Waals surface area contributed by atoms with Gasteiger partial charge in [0.05, 0.1) is 26.4 Å². The number of carbonyl (C=O) groups excluding carboxylic acids is 4. The monoisotopic (exact) mass is 1440 g/mol. The normalized spacial score (nSPS) is 14.6. The van der Waals surface area contributed by atoms with Crippen LogP contribution < -0.4 is 0 Å². The van der Waals surface area contributed by atoms with Gasteiger partial charge >= 0.3 is 39.5 Å². The molecule has 17 nitrogen and oxygen atoms in total. The molecule has 0 aromatic rings. The minimum absolute atomic E-state index is 0.106. The van der Waals surface area contributed by atoms with Crippen LogP contribution in [0.5, 0.6) is 0 Å². The first-order valence-corrected chi connectivity index (χ1v) is 43.8. The molecule has 3 N–H and O–H groups in total. The minimum Gasteiger partial charge on any atom is -0.462 e. The van der Waals surface area contributed by atoms with Crippen molar-refractivity contribution in [1.29, 1.82) is 0 Å². The summed E-state index contributed by atoms with van der Waals surface area (Å²) in [5, 5.41) is 10.6. The Balaban J connectivity index is 5.17. The molecule has 0 amide bonds. The van der Waals surface area contributed by atoms with Crippen molar-refractivity contribution in [3.63, 3.8) is 0 Å². The number of phosphoric acid groups is 2. The summed E-state index contributed by atoms with van der Waals surface area (Å²) >= 11 is 0. The maximum atomic E-state index is 13.1. The van der Waals surface area contributed by atoms with Gasteiger partial charge in [0.1, 0.15) is 19.3 Å². The molecule has 0 radical (unpaired) electrons. The summed E-state index contributed by atoms with van der Waals surface area (Å²) in [5.74, 6) is 0.973. The summed E-state index contributed by atoms with van der Waals surface area (Å²) in [6.07, 6.45) is 54.3. The first-order valence-electron chi connectivity index (χ1n) is 40.8. The average Bonchev–Trinajstić information content (AvgIpc) is 1.03. The zero-order chi connectivity index (χ0) is 72.4. The SMILES string of the molecule is CCC(C)CCCCCCCCCCCCCCCCCCCCC(=O)O[C@H](COC(=O)CCCCCCCCC(C)CC)COP(=O)(O)OCC(O)COP(=O)(O)OC[C@@H](COC(=O)CCCCCCCCCC(C)C)OC(=O)CCCCCCCCCCCCCCCC(C)C. The lowest BCUT2D eigenvalue weighted by atomic mass is 9.99. The molecule has 7 atom stereocenters. The summed E-state index contributed by atoms with van der Waals surface area (Å²) in [6.45, 7) is 14.2. The quantitative estimate of drug-likeness (QED) is 0.0222. The Morgan fingerprint density at radius 1 is 0.286 bits per heavy atom. The second kappa shape index (κ2) is 68.2. The maximum Gasteiger partial charge on any atom is 0.472 e. The number of phosphoric ester groups is 2. The highest BCUT2D eigenvalue weighted by Gasteiger charge is 2.30. The fourth-order valence-electron chi connectivity index (χ4n) is 12.0. The van der Waals surface area contributed by atoms with Gasteiger partial charge in [0.15, 0.2) is 12.2 Å². The van der Waals surface area contributed by atoms with E-state index in [1.54, 1.807) is 0 Å². The van der Waals surface area contributed by atoms with Crippen molar-refractivity contribution in [3.05, 3.63) is 0 Å². The van der Waals surface area contributed by atoms with Gasteiger partial charge in [0.25, 0.3) is 0 Å². The molecular weight excluding hydrogens is 1280 g/mol. The second-order valence-corrected chi connectivity index (χ2v) is 32.8. The van der Waals surface area contributed by atoms with Crippen LogP contribution in [0.15, 0.2) is 0 Å².